The Bertz CT molecular complexity index is 419. The first kappa shape index (κ1) is 15.5. The molecule has 0 saturated carbocycles. The van der Waals surface area contributed by atoms with Gasteiger partial charge in [0.05, 0.1) is 0 Å². The van der Waals surface area contributed by atoms with Crippen molar-refractivity contribution in [1.82, 2.24) is 9.80 Å². The first-order chi connectivity index (χ1) is 9.60. The Morgan fingerprint density at radius 3 is 2.45 bits per heavy atom. The van der Waals surface area contributed by atoms with Gasteiger partial charge in [0.25, 0.3) is 0 Å². The Morgan fingerprint density at radius 2 is 1.80 bits per heavy atom. The molecule has 1 aliphatic heterocycles. The van der Waals surface area contributed by atoms with Crippen molar-refractivity contribution in [3.05, 3.63) is 34.9 Å². The molecule has 0 aromatic heterocycles. The normalized spacial score (nSPS) is 19.2. The molecule has 2 nitrogen and oxygen atoms in total. The molecule has 0 amide bonds. The lowest BCUT2D eigenvalue weighted by Crippen LogP contribution is -2.44. The summed E-state index contributed by atoms with van der Waals surface area (Å²) in [5.41, 5.74) is 4.42. The first-order valence-electron chi connectivity index (χ1n) is 8.08. The zero-order chi connectivity index (χ0) is 14.5. The van der Waals surface area contributed by atoms with Gasteiger partial charge in [-0.25, -0.2) is 0 Å². The van der Waals surface area contributed by atoms with Crippen LogP contribution in [0.5, 0.6) is 0 Å². The second kappa shape index (κ2) is 7.24. The summed E-state index contributed by atoms with van der Waals surface area (Å²) in [7, 11) is 2.22. The van der Waals surface area contributed by atoms with E-state index in [-0.39, 0.29) is 0 Å². The number of likely N-dealkylation sites (N-methyl/N-ethyl adjacent to an activating group) is 1. The Morgan fingerprint density at radius 1 is 1.10 bits per heavy atom. The third kappa shape index (κ3) is 4.07. The van der Waals surface area contributed by atoms with Gasteiger partial charge < -0.3 is 9.80 Å². The van der Waals surface area contributed by atoms with Crippen LogP contribution in [-0.4, -0.2) is 49.6 Å². The molecular formula is C18H30N2. The van der Waals surface area contributed by atoms with Gasteiger partial charge in [-0.1, -0.05) is 30.7 Å². The number of hydrogen-bond acceptors (Lipinski definition) is 2. The summed E-state index contributed by atoms with van der Waals surface area (Å²) in [6, 6.07) is 6.91. The second-order valence-electron chi connectivity index (χ2n) is 6.40. The minimum absolute atomic E-state index is 0.717. The van der Waals surface area contributed by atoms with E-state index < -0.39 is 0 Å². The lowest BCUT2D eigenvalue weighted by molar-refractivity contribution is 0.150. The average Bonchev–Trinajstić information content (AvgIpc) is 2.45. The van der Waals surface area contributed by atoms with E-state index in [2.05, 4.69) is 55.8 Å². The van der Waals surface area contributed by atoms with Gasteiger partial charge in [-0.05, 0) is 57.3 Å². The van der Waals surface area contributed by atoms with E-state index in [4.69, 9.17) is 0 Å². The Balaban J connectivity index is 1.93. The van der Waals surface area contributed by atoms with Crippen molar-refractivity contribution >= 4 is 0 Å². The lowest BCUT2D eigenvalue weighted by atomic mass is 9.88. The van der Waals surface area contributed by atoms with Crippen molar-refractivity contribution in [2.75, 3.05) is 39.8 Å². The fraction of sp³-hybridized carbons (Fsp3) is 0.667. The molecule has 2 rings (SSSR count). The first-order valence-corrected chi connectivity index (χ1v) is 8.08. The molecule has 1 aromatic carbocycles. The summed E-state index contributed by atoms with van der Waals surface area (Å²) in [4.78, 5) is 5.06. The van der Waals surface area contributed by atoms with E-state index in [1.807, 2.05) is 0 Å². The SMILES string of the molecule is CCC(CCN1CCN(C)CC1)c1cc(C)ccc1C. The van der Waals surface area contributed by atoms with Crippen molar-refractivity contribution in [1.29, 1.82) is 0 Å². The van der Waals surface area contributed by atoms with Crippen LogP contribution in [0, 0.1) is 13.8 Å². The largest absolute Gasteiger partial charge is 0.304 e. The quantitative estimate of drug-likeness (QED) is 0.811. The zero-order valence-electron chi connectivity index (χ0n) is 13.7. The average molecular weight is 274 g/mol. The summed E-state index contributed by atoms with van der Waals surface area (Å²) in [5, 5.41) is 0. The number of hydrogen-bond donors (Lipinski definition) is 0. The summed E-state index contributed by atoms with van der Waals surface area (Å²) < 4.78 is 0. The molecule has 1 aromatic rings. The van der Waals surface area contributed by atoms with Crippen molar-refractivity contribution in [2.45, 2.75) is 39.5 Å². The maximum Gasteiger partial charge on any atom is 0.0110 e. The summed E-state index contributed by atoms with van der Waals surface area (Å²) >= 11 is 0. The Hall–Kier alpha value is -0.860. The highest BCUT2D eigenvalue weighted by Crippen LogP contribution is 2.27. The van der Waals surface area contributed by atoms with Gasteiger partial charge in [0.1, 0.15) is 0 Å². The Kier molecular flexibility index (Phi) is 5.62. The van der Waals surface area contributed by atoms with Crippen LogP contribution in [0.15, 0.2) is 18.2 Å². The fourth-order valence-corrected chi connectivity index (χ4v) is 3.19. The number of rotatable bonds is 5. The molecule has 1 saturated heterocycles. The predicted molar refractivity (Wildman–Crippen MR) is 87.5 cm³/mol. The smallest absolute Gasteiger partial charge is 0.0110 e. The van der Waals surface area contributed by atoms with E-state index in [0.717, 1.165) is 5.92 Å². The van der Waals surface area contributed by atoms with Crippen LogP contribution >= 0.6 is 0 Å². The van der Waals surface area contributed by atoms with E-state index in [1.165, 1.54) is 56.7 Å². The molecule has 1 atom stereocenters. The molecule has 20 heavy (non-hydrogen) atoms. The van der Waals surface area contributed by atoms with Crippen LogP contribution in [0.4, 0.5) is 0 Å². The molecule has 0 aliphatic carbocycles. The van der Waals surface area contributed by atoms with Gasteiger partial charge in [-0.3, -0.25) is 0 Å². The van der Waals surface area contributed by atoms with Crippen LogP contribution in [0.1, 0.15) is 42.4 Å². The molecule has 1 heterocycles. The minimum Gasteiger partial charge on any atom is -0.304 e. The molecule has 0 radical (unpaired) electrons. The number of benzene rings is 1. The second-order valence-corrected chi connectivity index (χ2v) is 6.40. The third-order valence-corrected chi connectivity index (χ3v) is 4.76. The maximum absolute atomic E-state index is 2.63. The van der Waals surface area contributed by atoms with Gasteiger partial charge in [-0.15, -0.1) is 0 Å². The van der Waals surface area contributed by atoms with E-state index >= 15 is 0 Å². The zero-order valence-corrected chi connectivity index (χ0v) is 13.7. The van der Waals surface area contributed by atoms with E-state index in [1.54, 1.807) is 5.56 Å². The maximum atomic E-state index is 2.63. The molecule has 1 fully saturated rings. The van der Waals surface area contributed by atoms with Crippen molar-refractivity contribution in [3.8, 4) is 0 Å². The van der Waals surface area contributed by atoms with E-state index in [0.29, 0.717) is 0 Å². The molecule has 0 bridgehead atoms. The highest BCUT2D eigenvalue weighted by molar-refractivity contribution is 5.33. The van der Waals surface area contributed by atoms with E-state index in [9.17, 15) is 0 Å². The monoisotopic (exact) mass is 274 g/mol. The summed E-state index contributed by atoms with van der Waals surface area (Å²) in [6.45, 7) is 13.0. The summed E-state index contributed by atoms with van der Waals surface area (Å²) in [6.07, 6.45) is 2.54. The van der Waals surface area contributed by atoms with Crippen LogP contribution in [-0.2, 0) is 0 Å². The van der Waals surface area contributed by atoms with Gasteiger partial charge in [0.15, 0.2) is 0 Å². The summed E-state index contributed by atoms with van der Waals surface area (Å²) in [5.74, 6) is 0.717. The topological polar surface area (TPSA) is 6.48 Å². The lowest BCUT2D eigenvalue weighted by Gasteiger charge is -2.33. The third-order valence-electron chi connectivity index (χ3n) is 4.76. The molecule has 1 unspecified atom stereocenters. The van der Waals surface area contributed by atoms with Gasteiger partial charge in [0, 0.05) is 26.2 Å². The molecular weight excluding hydrogens is 244 g/mol. The molecule has 112 valence electrons. The highest BCUT2D eigenvalue weighted by atomic mass is 15.2. The van der Waals surface area contributed by atoms with Crippen LogP contribution in [0.25, 0.3) is 0 Å². The molecule has 0 spiro atoms. The number of piperazine rings is 1. The van der Waals surface area contributed by atoms with Gasteiger partial charge in [-0.2, -0.15) is 0 Å². The minimum atomic E-state index is 0.717. The van der Waals surface area contributed by atoms with Crippen molar-refractivity contribution in [2.24, 2.45) is 0 Å². The molecule has 0 N–H and O–H groups in total. The Labute approximate surface area is 124 Å². The predicted octanol–water partition coefficient (Wildman–Crippen LogP) is 3.43. The standard InChI is InChI=1S/C18H30N2/c1-5-17(18-14-15(2)6-7-16(18)3)8-9-20-12-10-19(4)11-13-20/h6-7,14,17H,5,8-13H2,1-4H3. The fourth-order valence-electron chi connectivity index (χ4n) is 3.19. The van der Waals surface area contributed by atoms with Gasteiger partial charge in [0.2, 0.25) is 0 Å². The number of aryl methyl sites for hydroxylation is 2. The van der Waals surface area contributed by atoms with Crippen LogP contribution in [0.2, 0.25) is 0 Å². The van der Waals surface area contributed by atoms with Crippen molar-refractivity contribution < 1.29 is 0 Å². The van der Waals surface area contributed by atoms with Crippen molar-refractivity contribution in [3.63, 3.8) is 0 Å². The highest BCUT2D eigenvalue weighted by Gasteiger charge is 2.17. The van der Waals surface area contributed by atoms with Crippen LogP contribution in [0.3, 0.4) is 0 Å². The molecule has 1 aliphatic rings. The number of nitrogens with zero attached hydrogens (tertiary/aromatic N) is 2. The van der Waals surface area contributed by atoms with Gasteiger partial charge >= 0.3 is 0 Å². The molecule has 2 heteroatoms. The van der Waals surface area contributed by atoms with Crippen LogP contribution < -0.4 is 0 Å².